The fourth-order valence-electron chi connectivity index (χ4n) is 1.12. The van der Waals surface area contributed by atoms with Gasteiger partial charge in [0.05, 0.1) is 12.1 Å². The third-order valence-electron chi connectivity index (χ3n) is 1.81. The minimum absolute atomic E-state index is 0.216. The van der Waals surface area contributed by atoms with Crippen molar-refractivity contribution >= 4 is 23.3 Å². The second kappa shape index (κ2) is 5.37. The molecule has 6 heteroatoms. The smallest absolute Gasteiger partial charge is 0.358 e. The van der Waals surface area contributed by atoms with Crippen molar-refractivity contribution < 1.29 is 19.5 Å². The van der Waals surface area contributed by atoms with E-state index in [1.807, 2.05) is 0 Å². The number of hydrogen-bond acceptors (Lipinski definition) is 4. The lowest BCUT2D eigenvalue weighted by Gasteiger charge is -2.05. The highest BCUT2D eigenvalue weighted by atomic mass is 35.5. The molecule has 0 heterocycles. The summed E-state index contributed by atoms with van der Waals surface area (Å²) < 4.78 is 4.95. The lowest BCUT2D eigenvalue weighted by Crippen LogP contribution is -2.14. The van der Waals surface area contributed by atoms with Gasteiger partial charge in [0, 0.05) is 5.56 Å². The van der Waals surface area contributed by atoms with Gasteiger partial charge in [-0.2, -0.15) is 0 Å². The number of rotatable bonds is 4. The van der Waals surface area contributed by atoms with E-state index in [1.165, 1.54) is 26.4 Å². The molecule has 0 radical (unpaired) electrons. The van der Waals surface area contributed by atoms with Crippen LogP contribution in [0.4, 0.5) is 0 Å². The van der Waals surface area contributed by atoms with E-state index < -0.39 is 5.97 Å². The molecule has 0 aliphatic rings. The molecule has 0 amide bonds. The molecule has 1 aromatic carbocycles. The molecule has 0 fully saturated rings. The van der Waals surface area contributed by atoms with E-state index in [0.717, 1.165) is 0 Å². The first-order chi connectivity index (χ1) is 7.60. The van der Waals surface area contributed by atoms with Crippen molar-refractivity contribution in [3.8, 4) is 5.75 Å². The van der Waals surface area contributed by atoms with Crippen LogP contribution in [0, 0.1) is 0 Å². The first-order valence-corrected chi connectivity index (χ1v) is 4.66. The van der Waals surface area contributed by atoms with Gasteiger partial charge in [0.1, 0.15) is 12.9 Å². The third kappa shape index (κ3) is 2.64. The fourth-order valence-corrected chi connectivity index (χ4v) is 1.38. The number of methoxy groups -OCH3 is 1. The molecule has 86 valence electrons. The van der Waals surface area contributed by atoms with Crippen molar-refractivity contribution in [2.45, 2.75) is 0 Å². The fraction of sp³-hybridized carbons (Fsp3) is 0.200. The van der Waals surface area contributed by atoms with Crippen LogP contribution in [-0.4, -0.2) is 31.0 Å². The number of benzene rings is 1. The number of oxime groups is 1. The van der Waals surface area contributed by atoms with Gasteiger partial charge in [0.25, 0.3) is 0 Å². The van der Waals surface area contributed by atoms with E-state index in [1.54, 1.807) is 6.07 Å². The van der Waals surface area contributed by atoms with Crippen LogP contribution in [0.25, 0.3) is 0 Å². The topological polar surface area (TPSA) is 68.1 Å². The predicted molar refractivity (Wildman–Crippen MR) is 59.2 cm³/mol. The average Bonchev–Trinajstić information content (AvgIpc) is 2.25. The quantitative estimate of drug-likeness (QED) is 0.647. The third-order valence-corrected chi connectivity index (χ3v) is 2.11. The van der Waals surface area contributed by atoms with Gasteiger partial charge in [-0.1, -0.05) is 16.8 Å². The molecule has 0 spiro atoms. The summed E-state index contributed by atoms with van der Waals surface area (Å²) in [6, 6.07) is 4.55. The first kappa shape index (κ1) is 12.3. The summed E-state index contributed by atoms with van der Waals surface area (Å²) >= 11 is 5.86. The van der Waals surface area contributed by atoms with Crippen molar-refractivity contribution in [3.63, 3.8) is 0 Å². The lowest BCUT2D eigenvalue weighted by atomic mass is 10.1. The van der Waals surface area contributed by atoms with E-state index in [9.17, 15) is 4.79 Å². The molecule has 1 rings (SSSR count). The van der Waals surface area contributed by atoms with Gasteiger partial charge >= 0.3 is 5.97 Å². The predicted octanol–water partition coefficient (Wildman–Crippen LogP) is 1.78. The summed E-state index contributed by atoms with van der Waals surface area (Å²) in [5.74, 6) is -0.726. The van der Waals surface area contributed by atoms with Gasteiger partial charge in [-0.15, -0.1) is 0 Å². The Morgan fingerprint density at radius 1 is 1.44 bits per heavy atom. The summed E-state index contributed by atoms with van der Waals surface area (Å²) in [6.07, 6.45) is 0. The highest BCUT2D eigenvalue weighted by Gasteiger charge is 2.15. The maximum absolute atomic E-state index is 10.9. The molecule has 1 aromatic rings. The Kier molecular flexibility index (Phi) is 4.13. The van der Waals surface area contributed by atoms with Crippen molar-refractivity contribution in [2.75, 3.05) is 14.2 Å². The second-order valence-electron chi connectivity index (χ2n) is 2.78. The molecule has 5 nitrogen and oxygen atoms in total. The van der Waals surface area contributed by atoms with Crippen LogP contribution in [0.15, 0.2) is 23.4 Å². The molecule has 0 aliphatic carbocycles. The van der Waals surface area contributed by atoms with E-state index in [0.29, 0.717) is 16.3 Å². The molecular formula is C10H10ClNO4. The Balaban J connectivity index is 3.17. The Morgan fingerprint density at radius 2 is 2.12 bits per heavy atom. The Hall–Kier alpha value is -1.75. The standard InChI is InChI=1S/C10H10ClNO4/c1-15-8-4-3-6(5-7(8)11)9(10(13)14)12-16-2/h3-5H,1-2H3,(H,13,14)/b12-9+. The minimum Gasteiger partial charge on any atom is -0.495 e. The largest absolute Gasteiger partial charge is 0.495 e. The summed E-state index contributed by atoms with van der Waals surface area (Å²) in [6.45, 7) is 0. The Labute approximate surface area is 97.2 Å². The number of nitrogens with zero attached hydrogens (tertiary/aromatic N) is 1. The van der Waals surface area contributed by atoms with Crippen molar-refractivity contribution in [1.82, 2.24) is 0 Å². The monoisotopic (exact) mass is 243 g/mol. The Bertz CT molecular complexity index is 431. The zero-order valence-electron chi connectivity index (χ0n) is 8.73. The summed E-state index contributed by atoms with van der Waals surface area (Å²) in [4.78, 5) is 15.3. The number of halogens is 1. The molecule has 0 aromatic heterocycles. The molecular weight excluding hydrogens is 234 g/mol. The SMILES string of the molecule is CO/N=C(/C(=O)O)c1ccc(OC)c(Cl)c1. The molecule has 0 bridgehead atoms. The van der Waals surface area contributed by atoms with Crippen LogP contribution in [0.2, 0.25) is 5.02 Å². The average molecular weight is 244 g/mol. The maximum atomic E-state index is 10.9. The van der Waals surface area contributed by atoms with Crippen LogP contribution in [0.3, 0.4) is 0 Å². The molecule has 0 saturated carbocycles. The van der Waals surface area contributed by atoms with Crippen molar-refractivity contribution in [3.05, 3.63) is 28.8 Å². The number of hydrogen-bond donors (Lipinski definition) is 1. The van der Waals surface area contributed by atoms with Crippen LogP contribution in [-0.2, 0) is 9.63 Å². The van der Waals surface area contributed by atoms with E-state index in [2.05, 4.69) is 9.99 Å². The second-order valence-corrected chi connectivity index (χ2v) is 3.18. The number of carboxylic acid groups (broad SMARTS) is 1. The first-order valence-electron chi connectivity index (χ1n) is 4.28. The Morgan fingerprint density at radius 3 is 2.56 bits per heavy atom. The molecule has 0 atom stereocenters. The minimum atomic E-state index is -1.19. The van der Waals surface area contributed by atoms with Crippen molar-refractivity contribution in [1.29, 1.82) is 0 Å². The summed E-state index contributed by atoms with van der Waals surface area (Å²) in [7, 11) is 2.75. The van der Waals surface area contributed by atoms with Gasteiger partial charge < -0.3 is 14.7 Å². The van der Waals surface area contributed by atoms with Crippen molar-refractivity contribution in [2.24, 2.45) is 5.16 Å². The zero-order valence-corrected chi connectivity index (χ0v) is 9.49. The highest BCUT2D eigenvalue weighted by Crippen LogP contribution is 2.25. The van der Waals surface area contributed by atoms with Gasteiger partial charge in [0.15, 0.2) is 5.71 Å². The van der Waals surface area contributed by atoms with Crippen LogP contribution >= 0.6 is 11.6 Å². The maximum Gasteiger partial charge on any atom is 0.358 e. The van der Waals surface area contributed by atoms with E-state index >= 15 is 0 Å². The molecule has 1 N–H and O–H groups in total. The number of carboxylic acids is 1. The van der Waals surface area contributed by atoms with Crippen LogP contribution in [0.5, 0.6) is 5.75 Å². The summed E-state index contributed by atoms with van der Waals surface area (Å²) in [5, 5.41) is 12.6. The molecule has 0 unspecified atom stereocenters. The molecule has 0 aliphatic heterocycles. The number of aliphatic carboxylic acids is 1. The number of ether oxygens (including phenoxy) is 1. The van der Waals surface area contributed by atoms with Gasteiger partial charge in [-0.3, -0.25) is 0 Å². The van der Waals surface area contributed by atoms with Crippen LogP contribution in [0.1, 0.15) is 5.56 Å². The lowest BCUT2D eigenvalue weighted by molar-refractivity contribution is -0.129. The van der Waals surface area contributed by atoms with Crippen LogP contribution < -0.4 is 4.74 Å². The normalized spacial score (nSPS) is 11.1. The molecule has 16 heavy (non-hydrogen) atoms. The highest BCUT2D eigenvalue weighted by molar-refractivity contribution is 6.43. The number of carbonyl (C=O) groups is 1. The van der Waals surface area contributed by atoms with Gasteiger partial charge in [-0.05, 0) is 18.2 Å². The van der Waals surface area contributed by atoms with Gasteiger partial charge in [0.2, 0.25) is 0 Å². The molecule has 0 saturated heterocycles. The van der Waals surface area contributed by atoms with E-state index in [-0.39, 0.29) is 5.71 Å². The van der Waals surface area contributed by atoms with Gasteiger partial charge in [-0.25, -0.2) is 4.79 Å². The zero-order chi connectivity index (χ0) is 12.1. The summed E-state index contributed by atoms with van der Waals surface area (Å²) in [5.41, 5.74) is 0.132. The van der Waals surface area contributed by atoms with E-state index in [4.69, 9.17) is 21.4 Å².